The molecule has 0 saturated carbocycles. The zero-order valence-electron chi connectivity index (χ0n) is 15.5. The number of nitrogens with zero attached hydrogens (tertiary/aromatic N) is 4. The molecule has 1 aromatic heterocycles. The molecule has 0 radical (unpaired) electrons. The van der Waals surface area contributed by atoms with Crippen LogP contribution in [0.15, 0.2) is 30.5 Å². The number of alkyl halides is 3. The summed E-state index contributed by atoms with van der Waals surface area (Å²) in [6.07, 6.45) is -2.50. The van der Waals surface area contributed by atoms with Crippen LogP contribution in [0.4, 0.5) is 13.2 Å². The zero-order valence-corrected chi connectivity index (χ0v) is 15.5. The summed E-state index contributed by atoms with van der Waals surface area (Å²) < 4.78 is 45.5. The monoisotopic (exact) mass is 398 g/mol. The van der Waals surface area contributed by atoms with Gasteiger partial charge >= 0.3 is 6.18 Å². The Kier molecular flexibility index (Phi) is 5.33. The molecule has 1 aliphatic rings. The van der Waals surface area contributed by atoms with Crippen LogP contribution in [0.3, 0.4) is 0 Å². The number of amides is 1. The number of methoxy groups -OCH3 is 1. The molecule has 152 valence electrons. The van der Waals surface area contributed by atoms with E-state index in [4.69, 9.17) is 4.74 Å². The van der Waals surface area contributed by atoms with E-state index in [9.17, 15) is 23.1 Å². The number of ether oxygens (including phenoxy) is 1. The van der Waals surface area contributed by atoms with Gasteiger partial charge in [-0.15, -0.1) is 5.10 Å². The first-order valence-electron chi connectivity index (χ1n) is 8.78. The molecular weight excluding hydrogens is 377 g/mol. The van der Waals surface area contributed by atoms with Crippen LogP contribution < -0.4 is 4.74 Å². The van der Waals surface area contributed by atoms with E-state index in [1.807, 2.05) is 12.1 Å². The molecule has 7 nitrogen and oxygen atoms in total. The van der Waals surface area contributed by atoms with E-state index in [1.165, 1.54) is 0 Å². The number of hydrogen-bond acceptors (Lipinski definition) is 5. The lowest BCUT2D eigenvalue weighted by molar-refractivity contribution is -0.250. The Morgan fingerprint density at radius 1 is 1.21 bits per heavy atom. The van der Waals surface area contributed by atoms with Gasteiger partial charge in [-0.25, -0.2) is 4.68 Å². The van der Waals surface area contributed by atoms with Crippen LogP contribution >= 0.6 is 0 Å². The molecule has 1 amide bonds. The molecule has 1 saturated heterocycles. The van der Waals surface area contributed by atoms with E-state index in [-0.39, 0.29) is 19.0 Å². The van der Waals surface area contributed by atoms with E-state index in [1.54, 1.807) is 30.1 Å². The first-order valence-corrected chi connectivity index (χ1v) is 8.78. The average molecular weight is 398 g/mol. The fourth-order valence-corrected chi connectivity index (χ4v) is 3.25. The van der Waals surface area contributed by atoms with Crippen molar-refractivity contribution in [1.82, 2.24) is 19.9 Å². The predicted molar refractivity (Wildman–Crippen MR) is 93.1 cm³/mol. The minimum atomic E-state index is -5.02. The molecule has 1 atom stereocenters. The van der Waals surface area contributed by atoms with Gasteiger partial charge in [0.25, 0.3) is 5.91 Å². The minimum absolute atomic E-state index is 0.0167. The molecule has 1 aromatic carbocycles. The van der Waals surface area contributed by atoms with Crippen molar-refractivity contribution < 1.29 is 27.8 Å². The topological polar surface area (TPSA) is 80.5 Å². The van der Waals surface area contributed by atoms with Gasteiger partial charge in [0.1, 0.15) is 5.75 Å². The summed E-state index contributed by atoms with van der Waals surface area (Å²) in [5.74, 6) is -0.633. The Morgan fingerprint density at radius 3 is 2.36 bits per heavy atom. The van der Waals surface area contributed by atoms with Crippen LogP contribution in [0.1, 0.15) is 31.4 Å². The largest absolute Gasteiger partial charge is 0.497 e. The Bertz CT molecular complexity index is 825. The van der Waals surface area contributed by atoms with Gasteiger partial charge in [-0.05, 0) is 44.0 Å². The fourth-order valence-electron chi connectivity index (χ4n) is 3.25. The number of aromatic nitrogens is 3. The Hall–Kier alpha value is -2.62. The highest BCUT2D eigenvalue weighted by Gasteiger charge is 2.57. The van der Waals surface area contributed by atoms with E-state index < -0.39 is 17.7 Å². The highest BCUT2D eigenvalue weighted by atomic mass is 19.4. The van der Waals surface area contributed by atoms with Gasteiger partial charge in [-0.3, -0.25) is 4.79 Å². The van der Waals surface area contributed by atoms with Gasteiger partial charge in [-0.1, -0.05) is 5.21 Å². The number of likely N-dealkylation sites (tertiary alicyclic amines) is 1. The van der Waals surface area contributed by atoms with Gasteiger partial charge in [0.05, 0.1) is 24.7 Å². The van der Waals surface area contributed by atoms with Crippen molar-refractivity contribution in [2.75, 3.05) is 20.2 Å². The van der Waals surface area contributed by atoms with Gasteiger partial charge < -0.3 is 14.7 Å². The number of piperidine rings is 1. The van der Waals surface area contributed by atoms with E-state index in [2.05, 4.69) is 10.3 Å². The fraction of sp³-hybridized carbons (Fsp3) is 0.500. The Labute approximate surface area is 159 Å². The van der Waals surface area contributed by atoms with Crippen LogP contribution in [0.5, 0.6) is 5.75 Å². The lowest BCUT2D eigenvalue weighted by Crippen LogP contribution is -2.57. The molecule has 0 aliphatic carbocycles. The number of aliphatic hydroxyl groups is 1. The number of rotatable bonds is 4. The Balaban J connectivity index is 1.71. The number of carbonyl (C=O) groups is 1. The van der Waals surface area contributed by atoms with Crippen molar-refractivity contribution >= 4 is 5.91 Å². The van der Waals surface area contributed by atoms with Crippen molar-refractivity contribution in [2.45, 2.75) is 37.5 Å². The smallest absolute Gasteiger partial charge is 0.426 e. The maximum Gasteiger partial charge on any atom is 0.426 e. The van der Waals surface area contributed by atoms with Gasteiger partial charge in [0, 0.05) is 19.0 Å². The Morgan fingerprint density at radius 2 is 1.82 bits per heavy atom. The predicted octanol–water partition coefficient (Wildman–Crippen LogP) is 2.30. The number of halogens is 3. The van der Waals surface area contributed by atoms with Crippen molar-refractivity contribution in [3.05, 3.63) is 36.2 Å². The molecule has 28 heavy (non-hydrogen) atoms. The average Bonchev–Trinajstić information content (AvgIpc) is 3.16. The van der Waals surface area contributed by atoms with Crippen molar-refractivity contribution in [3.8, 4) is 11.4 Å². The number of carbonyl (C=O) groups excluding carboxylic acids is 1. The van der Waals surface area contributed by atoms with Crippen LogP contribution in [0, 0.1) is 0 Å². The third-order valence-corrected chi connectivity index (χ3v) is 5.06. The summed E-state index contributed by atoms with van der Waals surface area (Å²) in [5.41, 5.74) is -1.78. The highest BCUT2D eigenvalue weighted by molar-refractivity contribution is 5.85. The van der Waals surface area contributed by atoms with Crippen molar-refractivity contribution in [3.63, 3.8) is 0 Å². The van der Waals surface area contributed by atoms with Crippen molar-refractivity contribution in [1.29, 1.82) is 0 Å². The molecule has 1 N–H and O–H groups in total. The van der Waals surface area contributed by atoms with Crippen LogP contribution in [-0.4, -0.2) is 62.9 Å². The summed E-state index contributed by atoms with van der Waals surface area (Å²) >= 11 is 0. The SMILES string of the molecule is COc1ccc(-n2nncc2C2CCN(C(=O)[C@@](C)(O)C(F)(F)F)CC2)cc1. The van der Waals surface area contributed by atoms with Crippen LogP contribution in [0.2, 0.25) is 0 Å². The van der Waals surface area contributed by atoms with E-state index >= 15 is 0 Å². The second-order valence-electron chi connectivity index (χ2n) is 6.91. The summed E-state index contributed by atoms with van der Waals surface area (Å²) in [4.78, 5) is 13.2. The maximum absolute atomic E-state index is 12.9. The molecule has 1 fully saturated rings. The van der Waals surface area contributed by atoms with Gasteiger partial charge in [-0.2, -0.15) is 13.2 Å². The standard InChI is InChI=1S/C18H21F3N4O3/c1-17(27,18(19,20)21)16(26)24-9-7-12(8-10-24)15-11-22-23-25(15)13-3-5-14(28-2)6-4-13/h3-6,11-12,27H,7-10H2,1-2H3/t17-/m1/s1. The molecule has 10 heteroatoms. The first-order chi connectivity index (χ1) is 13.1. The summed E-state index contributed by atoms with van der Waals surface area (Å²) in [7, 11) is 1.57. The van der Waals surface area contributed by atoms with E-state index in [0.717, 1.165) is 16.3 Å². The summed E-state index contributed by atoms with van der Waals surface area (Å²) in [6.45, 7) is 0.719. The molecule has 0 bridgehead atoms. The van der Waals surface area contributed by atoms with Gasteiger partial charge in [0.2, 0.25) is 5.60 Å². The van der Waals surface area contributed by atoms with Crippen LogP contribution in [0.25, 0.3) is 5.69 Å². The molecule has 0 unspecified atom stereocenters. The lowest BCUT2D eigenvalue weighted by Gasteiger charge is -2.36. The second-order valence-corrected chi connectivity index (χ2v) is 6.91. The lowest BCUT2D eigenvalue weighted by atomic mass is 9.92. The third-order valence-electron chi connectivity index (χ3n) is 5.06. The second kappa shape index (κ2) is 7.42. The molecule has 0 spiro atoms. The summed E-state index contributed by atoms with van der Waals surface area (Å²) in [6, 6.07) is 7.25. The normalized spacial score (nSPS) is 18.0. The van der Waals surface area contributed by atoms with Crippen molar-refractivity contribution in [2.24, 2.45) is 0 Å². The van der Waals surface area contributed by atoms with Crippen LogP contribution in [-0.2, 0) is 4.79 Å². The zero-order chi connectivity index (χ0) is 20.5. The third kappa shape index (κ3) is 3.68. The molecular formula is C18H21F3N4O3. The quantitative estimate of drug-likeness (QED) is 0.855. The minimum Gasteiger partial charge on any atom is -0.497 e. The highest BCUT2D eigenvalue weighted by Crippen LogP contribution is 2.34. The molecule has 1 aliphatic heterocycles. The first kappa shape index (κ1) is 20.1. The van der Waals surface area contributed by atoms with E-state index in [0.29, 0.717) is 25.5 Å². The number of benzene rings is 1. The number of hydrogen-bond donors (Lipinski definition) is 1. The summed E-state index contributed by atoms with van der Waals surface area (Å²) in [5, 5.41) is 17.7. The maximum atomic E-state index is 12.9. The molecule has 3 rings (SSSR count). The molecule has 2 heterocycles. The molecule has 2 aromatic rings. The van der Waals surface area contributed by atoms with Gasteiger partial charge in [0.15, 0.2) is 0 Å².